The molecule has 0 spiro atoms. The summed E-state index contributed by atoms with van der Waals surface area (Å²) in [5.74, 6) is -0.965. The lowest BCUT2D eigenvalue weighted by atomic mass is 10.1. The molecule has 23 heavy (non-hydrogen) atoms. The van der Waals surface area contributed by atoms with Gasteiger partial charge in [-0.25, -0.2) is 0 Å². The van der Waals surface area contributed by atoms with Gasteiger partial charge in [-0.3, -0.25) is 14.4 Å². The number of nitrogens with zero attached hydrogens (tertiary/aromatic N) is 1. The highest BCUT2D eigenvalue weighted by molar-refractivity contribution is 7.12. The molecule has 0 saturated carbocycles. The maximum atomic E-state index is 12.4. The molecule has 7 heteroatoms. The van der Waals surface area contributed by atoms with Gasteiger partial charge in [0.2, 0.25) is 5.91 Å². The molecular weight excluding hydrogens is 316 g/mol. The van der Waals surface area contributed by atoms with Crippen LogP contribution in [-0.4, -0.2) is 46.9 Å². The Labute approximate surface area is 139 Å². The van der Waals surface area contributed by atoms with E-state index in [2.05, 4.69) is 5.32 Å². The van der Waals surface area contributed by atoms with Crippen molar-refractivity contribution in [3.05, 3.63) is 22.4 Å². The van der Waals surface area contributed by atoms with Crippen LogP contribution < -0.4 is 5.32 Å². The Balaban J connectivity index is 1.75. The number of carbonyl (C=O) groups is 3. The van der Waals surface area contributed by atoms with E-state index >= 15 is 0 Å². The van der Waals surface area contributed by atoms with Gasteiger partial charge in [0, 0.05) is 19.5 Å². The van der Waals surface area contributed by atoms with Gasteiger partial charge < -0.3 is 15.3 Å². The number of nitrogens with one attached hydrogen (secondary N) is 1. The number of carbonyl (C=O) groups excluding carboxylic acids is 2. The summed E-state index contributed by atoms with van der Waals surface area (Å²) in [6, 6.07) is 3.23. The molecule has 0 bridgehead atoms. The Hall–Kier alpha value is -1.89. The molecule has 6 nitrogen and oxygen atoms in total. The van der Waals surface area contributed by atoms with E-state index in [4.69, 9.17) is 5.11 Å². The lowest BCUT2D eigenvalue weighted by molar-refractivity contribution is -0.137. The molecule has 1 saturated heterocycles. The van der Waals surface area contributed by atoms with Crippen molar-refractivity contribution in [2.45, 2.75) is 44.6 Å². The zero-order valence-corrected chi connectivity index (χ0v) is 13.8. The van der Waals surface area contributed by atoms with Crippen LogP contribution in [0.4, 0.5) is 0 Å². The summed E-state index contributed by atoms with van der Waals surface area (Å²) in [6.07, 6.45) is 3.85. The number of hydrogen-bond donors (Lipinski definition) is 2. The van der Waals surface area contributed by atoms with Gasteiger partial charge in [-0.1, -0.05) is 12.5 Å². The van der Waals surface area contributed by atoms with Gasteiger partial charge in [0.15, 0.2) is 0 Å². The number of carboxylic acids is 1. The minimum Gasteiger partial charge on any atom is -0.481 e. The van der Waals surface area contributed by atoms with E-state index < -0.39 is 5.97 Å². The third-order valence-electron chi connectivity index (χ3n) is 3.91. The zero-order chi connectivity index (χ0) is 16.7. The maximum absolute atomic E-state index is 12.4. The van der Waals surface area contributed by atoms with Gasteiger partial charge in [0.25, 0.3) is 5.91 Å². The van der Waals surface area contributed by atoms with E-state index in [1.165, 1.54) is 11.3 Å². The molecule has 0 aromatic carbocycles. The molecule has 1 fully saturated rings. The van der Waals surface area contributed by atoms with Crippen LogP contribution in [0.1, 0.15) is 48.2 Å². The van der Waals surface area contributed by atoms with Crippen LogP contribution in [0.15, 0.2) is 17.5 Å². The first-order valence-corrected chi connectivity index (χ1v) is 8.81. The molecule has 1 aromatic heterocycles. The fourth-order valence-corrected chi connectivity index (χ4v) is 3.41. The molecule has 2 heterocycles. The van der Waals surface area contributed by atoms with E-state index in [0.717, 1.165) is 19.3 Å². The number of aliphatic carboxylic acids is 1. The summed E-state index contributed by atoms with van der Waals surface area (Å²) < 4.78 is 0. The molecule has 1 unspecified atom stereocenters. The monoisotopic (exact) mass is 338 g/mol. The Morgan fingerprint density at radius 3 is 2.83 bits per heavy atom. The number of rotatable bonds is 8. The largest absolute Gasteiger partial charge is 0.481 e. The Kier molecular flexibility index (Phi) is 6.58. The van der Waals surface area contributed by atoms with Crippen molar-refractivity contribution >= 4 is 29.1 Å². The van der Waals surface area contributed by atoms with Crippen molar-refractivity contribution in [3.8, 4) is 0 Å². The molecule has 2 N–H and O–H groups in total. The molecule has 1 aliphatic rings. The predicted molar refractivity (Wildman–Crippen MR) is 87.5 cm³/mol. The fourth-order valence-electron chi connectivity index (χ4n) is 2.73. The van der Waals surface area contributed by atoms with Crippen LogP contribution in [0, 0.1) is 0 Å². The summed E-state index contributed by atoms with van der Waals surface area (Å²) in [4.78, 5) is 37.4. The van der Waals surface area contributed by atoms with E-state index in [1.807, 2.05) is 11.4 Å². The molecule has 2 rings (SSSR count). The number of thiophene rings is 1. The van der Waals surface area contributed by atoms with Crippen molar-refractivity contribution < 1.29 is 19.5 Å². The van der Waals surface area contributed by atoms with E-state index in [-0.39, 0.29) is 24.3 Å². The van der Waals surface area contributed by atoms with Crippen LogP contribution in [-0.2, 0) is 9.59 Å². The molecule has 1 aromatic rings. The number of amides is 2. The Morgan fingerprint density at radius 2 is 2.13 bits per heavy atom. The predicted octanol–water partition coefficient (Wildman–Crippen LogP) is 2.11. The summed E-state index contributed by atoms with van der Waals surface area (Å²) >= 11 is 1.39. The lowest BCUT2D eigenvalue weighted by Gasteiger charge is -2.23. The molecule has 1 aliphatic heterocycles. The average Bonchev–Trinajstić information content (AvgIpc) is 3.20. The zero-order valence-electron chi connectivity index (χ0n) is 13.0. The molecular formula is C16H22N2O4S. The number of hydrogen-bond acceptors (Lipinski definition) is 4. The van der Waals surface area contributed by atoms with E-state index in [0.29, 0.717) is 30.8 Å². The minimum atomic E-state index is -0.789. The van der Waals surface area contributed by atoms with Crippen LogP contribution >= 0.6 is 11.3 Å². The average molecular weight is 338 g/mol. The third kappa shape index (κ3) is 5.06. The van der Waals surface area contributed by atoms with E-state index in [1.54, 1.807) is 11.0 Å². The van der Waals surface area contributed by atoms with Crippen molar-refractivity contribution in [2.24, 2.45) is 0 Å². The summed E-state index contributed by atoms with van der Waals surface area (Å²) in [5.41, 5.74) is 0. The highest BCUT2D eigenvalue weighted by Gasteiger charge is 2.34. The molecule has 1 atom stereocenters. The van der Waals surface area contributed by atoms with Crippen molar-refractivity contribution in [1.29, 1.82) is 0 Å². The van der Waals surface area contributed by atoms with Crippen LogP contribution in [0.3, 0.4) is 0 Å². The first-order chi connectivity index (χ1) is 11.1. The quantitative estimate of drug-likeness (QED) is 0.711. The van der Waals surface area contributed by atoms with Gasteiger partial charge in [0.1, 0.15) is 6.04 Å². The van der Waals surface area contributed by atoms with Crippen LogP contribution in [0.25, 0.3) is 0 Å². The number of carboxylic acid groups (broad SMARTS) is 1. The highest BCUT2D eigenvalue weighted by Crippen LogP contribution is 2.22. The number of unbranched alkanes of at least 4 members (excludes halogenated alkanes) is 2. The standard InChI is InChI=1S/C16H22N2O4S/c19-14(20)8-2-1-3-9-17-15(21)12-6-4-10-18(12)16(22)13-7-5-11-23-13/h5,7,11-12H,1-4,6,8-10H2,(H,17,21)(H,19,20). The fraction of sp³-hybridized carbons (Fsp3) is 0.562. The maximum Gasteiger partial charge on any atom is 0.303 e. The third-order valence-corrected chi connectivity index (χ3v) is 4.77. The summed E-state index contributed by atoms with van der Waals surface area (Å²) in [5, 5.41) is 13.3. The highest BCUT2D eigenvalue weighted by atomic mass is 32.1. The lowest BCUT2D eigenvalue weighted by Crippen LogP contribution is -2.46. The van der Waals surface area contributed by atoms with Crippen molar-refractivity contribution in [3.63, 3.8) is 0 Å². The van der Waals surface area contributed by atoms with Crippen molar-refractivity contribution in [1.82, 2.24) is 10.2 Å². The molecule has 126 valence electrons. The van der Waals surface area contributed by atoms with Gasteiger partial charge >= 0.3 is 5.97 Å². The second-order valence-corrected chi connectivity index (χ2v) is 6.58. The van der Waals surface area contributed by atoms with Crippen LogP contribution in [0.5, 0.6) is 0 Å². The number of likely N-dealkylation sites (tertiary alicyclic amines) is 1. The summed E-state index contributed by atoms with van der Waals surface area (Å²) in [7, 11) is 0. The Morgan fingerprint density at radius 1 is 1.30 bits per heavy atom. The van der Waals surface area contributed by atoms with Crippen molar-refractivity contribution in [2.75, 3.05) is 13.1 Å². The SMILES string of the molecule is O=C(O)CCCCCNC(=O)C1CCCN1C(=O)c1cccs1. The van der Waals surface area contributed by atoms with Gasteiger partial charge in [-0.05, 0) is 37.1 Å². The summed E-state index contributed by atoms with van der Waals surface area (Å²) in [6.45, 7) is 1.14. The van der Waals surface area contributed by atoms with Gasteiger partial charge in [-0.2, -0.15) is 0 Å². The minimum absolute atomic E-state index is 0.0703. The first kappa shape index (κ1) is 17.5. The second kappa shape index (κ2) is 8.67. The van der Waals surface area contributed by atoms with Gasteiger partial charge in [-0.15, -0.1) is 11.3 Å². The van der Waals surface area contributed by atoms with E-state index in [9.17, 15) is 14.4 Å². The topological polar surface area (TPSA) is 86.7 Å². The second-order valence-electron chi connectivity index (χ2n) is 5.63. The molecule has 0 radical (unpaired) electrons. The normalized spacial score (nSPS) is 17.2. The first-order valence-electron chi connectivity index (χ1n) is 7.93. The molecule has 2 amide bonds. The Bertz CT molecular complexity index is 544. The van der Waals surface area contributed by atoms with Gasteiger partial charge in [0.05, 0.1) is 4.88 Å². The molecule has 0 aliphatic carbocycles. The van der Waals surface area contributed by atoms with Crippen LogP contribution in [0.2, 0.25) is 0 Å². The smallest absolute Gasteiger partial charge is 0.303 e.